The van der Waals surface area contributed by atoms with E-state index in [2.05, 4.69) is 10.3 Å². The van der Waals surface area contributed by atoms with Gasteiger partial charge < -0.3 is 5.32 Å². The minimum atomic E-state index is -0.0350. The molecule has 1 aromatic rings. The summed E-state index contributed by atoms with van der Waals surface area (Å²) in [6.45, 7) is 2.35. The van der Waals surface area contributed by atoms with E-state index >= 15 is 0 Å². The number of hydrogen-bond acceptors (Lipinski definition) is 3. The van der Waals surface area contributed by atoms with Crippen LogP contribution < -0.4 is 5.32 Å². The van der Waals surface area contributed by atoms with Crippen LogP contribution in [0.15, 0.2) is 6.20 Å². The van der Waals surface area contributed by atoms with Crippen LogP contribution in [0.4, 0.5) is 5.82 Å². The van der Waals surface area contributed by atoms with E-state index in [0.29, 0.717) is 10.6 Å². The third-order valence-electron chi connectivity index (χ3n) is 2.16. The molecule has 0 atom stereocenters. The van der Waals surface area contributed by atoms with Crippen LogP contribution in [0.3, 0.4) is 0 Å². The number of ketones is 1. The van der Waals surface area contributed by atoms with Crippen LogP contribution in [-0.4, -0.2) is 17.3 Å². The number of aromatic nitrogens is 1. The first-order valence-corrected chi connectivity index (χ1v) is 4.50. The van der Waals surface area contributed by atoms with Gasteiger partial charge in [0.1, 0.15) is 5.82 Å². The third-order valence-corrected chi connectivity index (χ3v) is 2.59. The zero-order chi connectivity index (χ0) is 9.42. The van der Waals surface area contributed by atoms with Gasteiger partial charge in [-0.25, -0.2) is 4.98 Å². The molecule has 4 heteroatoms. The summed E-state index contributed by atoms with van der Waals surface area (Å²) in [5, 5.41) is 3.66. The maximum absolute atomic E-state index is 11.1. The van der Waals surface area contributed by atoms with Gasteiger partial charge in [-0.2, -0.15) is 0 Å². The maximum Gasteiger partial charge on any atom is 0.162 e. The summed E-state index contributed by atoms with van der Waals surface area (Å²) in [4.78, 5) is 15.2. The molecule has 1 aliphatic heterocycles. The standard InChI is InChI=1S/C9H9ClN2O/c1-5(13)7-4-12-9-6(8(7)10)2-3-11-9/h4H,2-3H2,1H3,(H,11,12). The summed E-state index contributed by atoms with van der Waals surface area (Å²) in [5.74, 6) is 0.780. The van der Waals surface area contributed by atoms with E-state index in [1.807, 2.05) is 0 Å². The first-order valence-electron chi connectivity index (χ1n) is 4.12. The van der Waals surface area contributed by atoms with E-state index in [4.69, 9.17) is 11.6 Å². The average molecular weight is 197 g/mol. The van der Waals surface area contributed by atoms with Gasteiger partial charge in [-0.3, -0.25) is 4.79 Å². The number of Topliss-reactive ketones (excluding diaryl/α,β-unsaturated/α-hetero) is 1. The minimum Gasteiger partial charge on any atom is -0.369 e. The lowest BCUT2D eigenvalue weighted by Gasteiger charge is -2.04. The van der Waals surface area contributed by atoms with Crippen molar-refractivity contribution in [3.8, 4) is 0 Å². The smallest absolute Gasteiger partial charge is 0.162 e. The first kappa shape index (κ1) is 8.51. The van der Waals surface area contributed by atoms with Crippen LogP contribution in [0.25, 0.3) is 0 Å². The van der Waals surface area contributed by atoms with E-state index in [1.165, 1.54) is 13.1 Å². The molecule has 13 heavy (non-hydrogen) atoms. The van der Waals surface area contributed by atoms with Crippen LogP contribution in [0.5, 0.6) is 0 Å². The highest BCUT2D eigenvalue weighted by molar-refractivity contribution is 6.35. The highest BCUT2D eigenvalue weighted by Crippen LogP contribution is 2.29. The Bertz CT molecular complexity index is 376. The predicted octanol–water partition coefficient (Wildman–Crippen LogP) is 1.91. The van der Waals surface area contributed by atoms with Crippen molar-refractivity contribution in [3.63, 3.8) is 0 Å². The predicted molar refractivity (Wildman–Crippen MR) is 51.4 cm³/mol. The lowest BCUT2D eigenvalue weighted by molar-refractivity contribution is 0.101. The molecule has 1 aliphatic rings. The quantitative estimate of drug-likeness (QED) is 0.698. The minimum absolute atomic E-state index is 0.0350. The molecule has 0 unspecified atom stereocenters. The number of carbonyl (C=O) groups excluding carboxylic acids is 1. The number of hydrogen-bond donors (Lipinski definition) is 1. The van der Waals surface area contributed by atoms with E-state index in [1.54, 1.807) is 0 Å². The van der Waals surface area contributed by atoms with Gasteiger partial charge in [0.2, 0.25) is 0 Å². The number of fused-ring (bicyclic) bond motifs is 1. The molecule has 0 spiro atoms. The van der Waals surface area contributed by atoms with E-state index in [0.717, 1.165) is 24.3 Å². The maximum atomic E-state index is 11.1. The molecule has 1 N–H and O–H groups in total. The zero-order valence-electron chi connectivity index (χ0n) is 7.22. The number of carbonyl (C=O) groups is 1. The molecule has 1 aromatic heterocycles. The Morgan fingerprint density at radius 3 is 3.15 bits per heavy atom. The van der Waals surface area contributed by atoms with Crippen LogP contribution in [-0.2, 0) is 6.42 Å². The normalized spacial score (nSPS) is 13.7. The van der Waals surface area contributed by atoms with Gasteiger partial charge in [0.05, 0.1) is 10.6 Å². The van der Waals surface area contributed by atoms with Crippen molar-refractivity contribution in [2.45, 2.75) is 13.3 Å². The van der Waals surface area contributed by atoms with Crippen molar-refractivity contribution in [2.75, 3.05) is 11.9 Å². The van der Waals surface area contributed by atoms with Crippen molar-refractivity contribution in [2.24, 2.45) is 0 Å². The SMILES string of the molecule is CC(=O)c1cnc2c(c1Cl)CCN2. The van der Waals surface area contributed by atoms with Gasteiger partial charge in [0, 0.05) is 18.3 Å². The van der Waals surface area contributed by atoms with Crippen molar-refractivity contribution in [1.29, 1.82) is 0 Å². The number of halogens is 1. The molecule has 0 radical (unpaired) electrons. The van der Waals surface area contributed by atoms with Gasteiger partial charge >= 0.3 is 0 Å². The molecule has 0 saturated carbocycles. The Hall–Kier alpha value is -1.09. The Kier molecular flexibility index (Phi) is 1.96. The molecule has 0 aromatic carbocycles. The lowest BCUT2D eigenvalue weighted by atomic mass is 10.1. The van der Waals surface area contributed by atoms with Crippen molar-refractivity contribution in [3.05, 3.63) is 22.3 Å². The van der Waals surface area contributed by atoms with Gasteiger partial charge in [-0.1, -0.05) is 11.6 Å². The molecule has 0 amide bonds. The number of rotatable bonds is 1. The number of pyridine rings is 1. The highest BCUT2D eigenvalue weighted by atomic mass is 35.5. The molecule has 0 bridgehead atoms. The summed E-state index contributed by atoms with van der Waals surface area (Å²) in [5.41, 5.74) is 1.48. The molecule has 68 valence electrons. The van der Waals surface area contributed by atoms with Crippen LogP contribution in [0, 0.1) is 0 Å². The molecular weight excluding hydrogens is 188 g/mol. The Morgan fingerprint density at radius 1 is 1.69 bits per heavy atom. The summed E-state index contributed by atoms with van der Waals surface area (Å²) < 4.78 is 0. The fourth-order valence-electron chi connectivity index (χ4n) is 1.46. The van der Waals surface area contributed by atoms with E-state index < -0.39 is 0 Å². The summed E-state index contributed by atoms with van der Waals surface area (Å²) in [6, 6.07) is 0. The average Bonchev–Trinajstić information content (AvgIpc) is 2.52. The van der Waals surface area contributed by atoms with Crippen molar-refractivity contribution in [1.82, 2.24) is 4.98 Å². The van der Waals surface area contributed by atoms with Gasteiger partial charge in [0.25, 0.3) is 0 Å². The first-order chi connectivity index (χ1) is 6.20. The van der Waals surface area contributed by atoms with Gasteiger partial charge in [0.15, 0.2) is 5.78 Å². The molecule has 2 heterocycles. The highest BCUT2D eigenvalue weighted by Gasteiger charge is 2.18. The van der Waals surface area contributed by atoms with Crippen molar-refractivity contribution < 1.29 is 4.79 Å². The summed E-state index contributed by atoms with van der Waals surface area (Å²) in [7, 11) is 0. The van der Waals surface area contributed by atoms with Crippen LogP contribution in [0.2, 0.25) is 5.02 Å². The molecular formula is C9H9ClN2O. The second-order valence-corrected chi connectivity index (χ2v) is 3.42. The largest absolute Gasteiger partial charge is 0.369 e. The second-order valence-electron chi connectivity index (χ2n) is 3.05. The number of nitrogens with zero attached hydrogens (tertiary/aromatic N) is 1. The monoisotopic (exact) mass is 196 g/mol. The Labute approximate surface area is 81.1 Å². The van der Waals surface area contributed by atoms with E-state index in [-0.39, 0.29) is 5.78 Å². The van der Waals surface area contributed by atoms with Gasteiger partial charge in [-0.05, 0) is 13.3 Å². The van der Waals surface area contributed by atoms with E-state index in [9.17, 15) is 4.79 Å². The third kappa shape index (κ3) is 1.29. The summed E-state index contributed by atoms with van der Waals surface area (Å²) >= 11 is 6.05. The van der Waals surface area contributed by atoms with Crippen molar-refractivity contribution >= 4 is 23.2 Å². The fourth-order valence-corrected chi connectivity index (χ4v) is 1.83. The molecule has 0 saturated heterocycles. The fraction of sp³-hybridized carbons (Fsp3) is 0.333. The molecule has 0 aliphatic carbocycles. The molecule has 3 nitrogen and oxygen atoms in total. The van der Waals surface area contributed by atoms with Gasteiger partial charge in [-0.15, -0.1) is 0 Å². The Balaban J connectivity index is 2.59. The van der Waals surface area contributed by atoms with Crippen LogP contribution in [0.1, 0.15) is 22.8 Å². The second kappa shape index (κ2) is 3.00. The Morgan fingerprint density at radius 2 is 2.46 bits per heavy atom. The number of nitrogens with one attached hydrogen (secondary N) is 1. The van der Waals surface area contributed by atoms with Crippen LogP contribution >= 0.6 is 11.6 Å². The molecule has 2 rings (SSSR count). The topological polar surface area (TPSA) is 42.0 Å². The lowest BCUT2D eigenvalue weighted by Crippen LogP contribution is -1.98. The summed E-state index contributed by atoms with van der Waals surface area (Å²) in [6.07, 6.45) is 2.38. The number of anilines is 1. The zero-order valence-corrected chi connectivity index (χ0v) is 7.98. The molecule has 0 fully saturated rings.